The lowest BCUT2D eigenvalue weighted by Gasteiger charge is -2.38. The smallest absolute Gasteiger partial charge is 0.423 e. The Labute approximate surface area is 107 Å². The predicted octanol–water partition coefficient (Wildman–Crippen LogP) is 2.35. The molecule has 1 heterocycles. The van der Waals surface area contributed by atoms with Gasteiger partial charge in [-0.2, -0.15) is 11.3 Å². The highest BCUT2D eigenvalue weighted by atomic mass is 32.1. The maximum Gasteiger partial charge on any atom is 0.483 e. The van der Waals surface area contributed by atoms with Crippen molar-refractivity contribution in [1.29, 1.82) is 0 Å². The Morgan fingerprint density at radius 1 is 1.35 bits per heavy atom. The van der Waals surface area contributed by atoms with Crippen molar-refractivity contribution in [1.82, 2.24) is 0 Å². The molecule has 0 aliphatic rings. The molecule has 3 nitrogen and oxygen atoms in total. The molecule has 0 aliphatic carbocycles. The Balaban J connectivity index is 2.58. The van der Waals surface area contributed by atoms with Crippen LogP contribution in [0.2, 0.25) is 0 Å². The van der Waals surface area contributed by atoms with Gasteiger partial charge in [0.25, 0.3) is 0 Å². The summed E-state index contributed by atoms with van der Waals surface area (Å²) in [6.07, 6.45) is 1.79. The number of thiophene rings is 1. The minimum Gasteiger partial charge on any atom is -0.423 e. The zero-order valence-corrected chi connectivity index (χ0v) is 11.5. The SMILES string of the molecule is CC(C)(O)C(C)(C)OB(O)/C=C/c1ccsc1. The van der Waals surface area contributed by atoms with Crippen LogP contribution in [0.25, 0.3) is 6.08 Å². The van der Waals surface area contributed by atoms with E-state index >= 15 is 0 Å². The first kappa shape index (κ1) is 14.4. The van der Waals surface area contributed by atoms with E-state index in [0.717, 1.165) is 5.56 Å². The lowest BCUT2D eigenvalue weighted by atomic mass is 9.83. The average Bonchev–Trinajstić information content (AvgIpc) is 2.64. The quantitative estimate of drug-likeness (QED) is 0.793. The van der Waals surface area contributed by atoms with Gasteiger partial charge in [-0.1, -0.05) is 12.1 Å². The van der Waals surface area contributed by atoms with Crippen molar-refractivity contribution in [2.45, 2.75) is 38.9 Å². The van der Waals surface area contributed by atoms with Gasteiger partial charge in [0.05, 0.1) is 11.2 Å². The molecule has 0 aromatic carbocycles. The topological polar surface area (TPSA) is 49.7 Å². The zero-order valence-electron chi connectivity index (χ0n) is 10.7. The van der Waals surface area contributed by atoms with Gasteiger partial charge in [-0.25, -0.2) is 0 Å². The van der Waals surface area contributed by atoms with Crippen LogP contribution < -0.4 is 0 Å². The maximum absolute atomic E-state index is 9.89. The van der Waals surface area contributed by atoms with E-state index in [4.69, 9.17) is 4.65 Å². The molecular weight excluding hydrogens is 235 g/mol. The van der Waals surface area contributed by atoms with Gasteiger partial charge in [-0.15, -0.1) is 0 Å². The monoisotopic (exact) mass is 254 g/mol. The van der Waals surface area contributed by atoms with Gasteiger partial charge < -0.3 is 14.8 Å². The fraction of sp³-hybridized carbons (Fsp3) is 0.500. The third kappa shape index (κ3) is 4.28. The average molecular weight is 254 g/mol. The molecule has 0 unspecified atom stereocenters. The van der Waals surface area contributed by atoms with E-state index in [1.165, 1.54) is 0 Å². The molecular formula is C12H19BO3S. The highest BCUT2D eigenvalue weighted by Crippen LogP contribution is 2.25. The minimum absolute atomic E-state index is 0.828. The molecule has 0 amide bonds. The Morgan fingerprint density at radius 2 is 2.00 bits per heavy atom. The first-order chi connectivity index (χ1) is 7.72. The number of hydrogen-bond donors (Lipinski definition) is 2. The molecule has 0 saturated carbocycles. The Bertz CT molecular complexity index is 366. The molecule has 0 saturated heterocycles. The van der Waals surface area contributed by atoms with Crippen LogP contribution in [-0.2, 0) is 4.65 Å². The Morgan fingerprint density at radius 3 is 2.47 bits per heavy atom. The molecule has 1 rings (SSSR count). The normalized spacial score (nSPS) is 13.3. The maximum atomic E-state index is 9.89. The molecule has 1 aromatic heterocycles. The van der Waals surface area contributed by atoms with Crippen molar-refractivity contribution in [3.05, 3.63) is 28.4 Å². The summed E-state index contributed by atoms with van der Waals surface area (Å²) in [6, 6.07) is 1.95. The molecule has 0 spiro atoms. The number of hydrogen-bond acceptors (Lipinski definition) is 4. The van der Waals surface area contributed by atoms with Crippen LogP contribution in [0, 0.1) is 0 Å². The van der Waals surface area contributed by atoms with Crippen LogP contribution in [0.3, 0.4) is 0 Å². The van der Waals surface area contributed by atoms with Crippen molar-refractivity contribution >= 4 is 24.5 Å². The van der Waals surface area contributed by atoms with Crippen LogP contribution in [0.5, 0.6) is 0 Å². The van der Waals surface area contributed by atoms with E-state index < -0.39 is 18.3 Å². The van der Waals surface area contributed by atoms with Crippen LogP contribution in [0.1, 0.15) is 33.3 Å². The van der Waals surface area contributed by atoms with Gasteiger partial charge >= 0.3 is 7.12 Å². The van der Waals surface area contributed by atoms with E-state index in [0.29, 0.717) is 0 Å². The Kier molecular flexibility index (Phi) is 4.55. The van der Waals surface area contributed by atoms with E-state index in [2.05, 4.69) is 0 Å². The van der Waals surface area contributed by atoms with E-state index in [-0.39, 0.29) is 0 Å². The van der Waals surface area contributed by atoms with Crippen molar-refractivity contribution in [3.63, 3.8) is 0 Å². The lowest BCUT2D eigenvalue weighted by Crippen LogP contribution is -2.50. The van der Waals surface area contributed by atoms with Crippen molar-refractivity contribution in [3.8, 4) is 0 Å². The number of aliphatic hydroxyl groups is 1. The van der Waals surface area contributed by atoms with Crippen LogP contribution in [0.15, 0.2) is 22.8 Å². The fourth-order valence-electron chi connectivity index (χ4n) is 1.05. The summed E-state index contributed by atoms with van der Waals surface area (Å²) >= 11 is 1.59. The summed E-state index contributed by atoms with van der Waals surface area (Å²) in [7, 11) is -1.03. The molecule has 17 heavy (non-hydrogen) atoms. The molecule has 1 aromatic rings. The highest BCUT2D eigenvalue weighted by Gasteiger charge is 2.38. The van der Waals surface area contributed by atoms with Crippen molar-refractivity contribution in [2.75, 3.05) is 0 Å². The van der Waals surface area contributed by atoms with Gasteiger partial charge in [0.2, 0.25) is 0 Å². The number of rotatable bonds is 5. The highest BCUT2D eigenvalue weighted by molar-refractivity contribution is 7.08. The second kappa shape index (κ2) is 5.35. The largest absolute Gasteiger partial charge is 0.483 e. The lowest BCUT2D eigenvalue weighted by molar-refractivity contribution is -0.0984. The summed E-state index contributed by atoms with van der Waals surface area (Å²) in [5.41, 5.74) is -0.825. The van der Waals surface area contributed by atoms with Gasteiger partial charge in [-0.3, -0.25) is 0 Å². The van der Waals surface area contributed by atoms with Crippen LogP contribution in [-0.4, -0.2) is 28.5 Å². The van der Waals surface area contributed by atoms with Gasteiger partial charge in [0, 0.05) is 0 Å². The van der Waals surface area contributed by atoms with Gasteiger partial charge in [0.1, 0.15) is 0 Å². The summed E-state index contributed by atoms with van der Waals surface area (Å²) in [5, 5.41) is 23.6. The summed E-state index contributed by atoms with van der Waals surface area (Å²) in [5.74, 6) is 1.57. The van der Waals surface area contributed by atoms with Crippen LogP contribution >= 0.6 is 11.3 Å². The first-order valence-electron chi connectivity index (χ1n) is 5.51. The Hall–Kier alpha value is -0.615. The fourth-order valence-corrected chi connectivity index (χ4v) is 1.68. The molecule has 94 valence electrons. The first-order valence-corrected chi connectivity index (χ1v) is 6.45. The second-order valence-electron chi connectivity index (χ2n) is 4.99. The molecule has 0 aliphatic heterocycles. The van der Waals surface area contributed by atoms with E-state index in [9.17, 15) is 10.1 Å². The third-order valence-electron chi connectivity index (χ3n) is 2.89. The van der Waals surface area contributed by atoms with E-state index in [1.54, 1.807) is 51.1 Å². The summed E-state index contributed by atoms with van der Waals surface area (Å²) in [6.45, 7) is 6.80. The third-order valence-corrected chi connectivity index (χ3v) is 3.59. The molecule has 0 radical (unpaired) electrons. The van der Waals surface area contributed by atoms with Gasteiger partial charge in [-0.05, 0) is 50.1 Å². The molecule has 0 bridgehead atoms. The van der Waals surface area contributed by atoms with Crippen molar-refractivity contribution in [2.24, 2.45) is 0 Å². The summed E-state index contributed by atoms with van der Waals surface area (Å²) < 4.78 is 5.42. The summed E-state index contributed by atoms with van der Waals surface area (Å²) in [4.78, 5) is 0. The molecule has 0 fully saturated rings. The standard InChI is InChI=1S/C12H19BO3S/c1-11(2,14)12(3,4)16-13(15)7-5-10-6-8-17-9-10/h5-9,14-15H,1-4H3/b7-5+. The molecule has 5 heteroatoms. The minimum atomic E-state index is -1.03. The molecule has 0 atom stereocenters. The van der Waals surface area contributed by atoms with E-state index in [1.807, 2.05) is 16.8 Å². The predicted molar refractivity (Wildman–Crippen MR) is 72.8 cm³/mol. The van der Waals surface area contributed by atoms with Crippen molar-refractivity contribution < 1.29 is 14.8 Å². The van der Waals surface area contributed by atoms with Gasteiger partial charge in [0.15, 0.2) is 0 Å². The molecule has 2 N–H and O–H groups in total. The zero-order chi connectivity index (χ0) is 13.1. The second-order valence-corrected chi connectivity index (χ2v) is 5.77. The van der Waals surface area contributed by atoms with Crippen LogP contribution in [0.4, 0.5) is 0 Å².